The van der Waals surface area contributed by atoms with Crippen LogP contribution < -0.4 is 5.32 Å². The molecule has 0 saturated carbocycles. The van der Waals surface area contributed by atoms with Crippen molar-refractivity contribution in [2.75, 3.05) is 11.9 Å². The molecule has 0 fully saturated rings. The van der Waals surface area contributed by atoms with E-state index in [1.165, 1.54) is 12.1 Å². The predicted octanol–water partition coefficient (Wildman–Crippen LogP) is 3.04. The van der Waals surface area contributed by atoms with Crippen LogP contribution in [0.2, 0.25) is 0 Å². The molecule has 0 atom stereocenters. The fourth-order valence-electron chi connectivity index (χ4n) is 1.47. The molecule has 3 nitrogen and oxygen atoms in total. The SMILES string of the molecule is CCCNc1cc(-c2cccc(F)c2)[nH]n1. The van der Waals surface area contributed by atoms with Gasteiger partial charge in [0, 0.05) is 18.2 Å². The Balaban J connectivity index is 2.18. The Bertz CT molecular complexity index is 465. The van der Waals surface area contributed by atoms with E-state index in [0.717, 1.165) is 30.0 Å². The maximum Gasteiger partial charge on any atom is 0.148 e. The highest BCUT2D eigenvalue weighted by molar-refractivity contribution is 5.62. The van der Waals surface area contributed by atoms with Crippen LogP contribution in [0.15, 0.2) is 30.3 Å². The van der Waals surface area contributed by atoms with Crippen LogP contribution in [0.3, 0.4) is 0 Å². The third-order valence-electron chi connectivity index (χ3n) is 2.27. The number of aromatic amines is 1. The standard InChI is InChI=1S/C12H14FN3/c1-2-6-14-12-8-11(15-16-12)9-4-3-5-10(13)7-9/h3-5,7-8H,2,6H2,1H3,(H2,14,15,16). The van der Waals surface area contributed by atoms with Crippen molar-refractivity contribution in [3.05, 3.63) is 36.1 Å². The number of halogens is 1. The lowest BCUT2D eigenvalue weighted by atomic mass is 10.1. The van der Waals surface area contributed by atoms with Gasteiger partial charge in [-0.3, -0.25) is 5.10 Å². The molecule has 16 heavy (non-hydrogen) atoms. The molecule has 4 heteroatoms. The molecule has 1 heterocycles. The number of benzene rings is 1. The lowest BCUT2D eigenvalue weighted by Gasteiger charge is -1.97. The minimum absolute atomic E-state index is 0.241. The summed E-state index contributed by atoms with van der Waals surface area (Å²) in [5.41, 5.74) is 1.62. The van der Waals surface area contributed by atoms with E-state index in [9.17, 15) is 4.39 Å². The van der Waals surface area contributed by atoms with Gasteiger partial charge in [0.15, 0.2) is 0 Å². The predicted molar refractivity (Wildman–Crippen MR) is 62.8 cm³/mol. The van der Waals surface area contributed by atoms with E-state index >= 15 is 0 Å². The van der Waals surface area contributed by atoms with Gasteiger partial charge < -0.3 is 5.32 Å². The fraction of sp³-hybridized carbons (Fsp3) is 0.250. The second kappa shape index (κ2) is 4.79. The van der Waals surface area contributed by atoms with Crippen LogP contribution in [0.1, 0.15) is 13.3 Å². The van der Waals surface area contributed by atoms with Crippen molar-refractivity contribution in [3.8, 4) is 11.3 Å². The highest BCUT2D eigenvalue weighted by Crippen LogP contribution is 2.20. The number of anilines is 1. The first-order valence-electron chi connectivity index (χ1n) is 5.35. The molecule has 2 N–H and O–H groups in total. The first-order valence-corrected chi connectivity index (χ1v) is 5.35. The van der Waals surface area contributed by atoms with Gasteiger partial charge in [0.05, 0.1) is 5.69 Å². The van der Waals surface area contributed by atoms with E-state index in [0.29, 0.717) is 0 Å². The van der Waals surface area contributed by atoms with Crippen LogP contribution in [-0.4, -0.2) is 16.7 Å². The zero-order chi connectivity index (χ0) is 11.4. The summed E-state index contributed by atoms with van der Waals surface area (Å²) >= 11 is 0. The van der Waals surface area contributed by atoms with Gasteiger partial charge in [0.25, 0.3) is 0 Å². The Labute approximate surface area is 93.7 Å². The number of hydrogen-bond acceptors (Lipinski definition) is 2. The van der Waals surface area contributed by atoms with Crippen LogP contribution in [0.4, 0.5) is 10.2 Å². The quantitative estimate of drug-likeness (QED) is 0.829. The van der Waals surface area contributed by atoms with Gasteiger partial charge in [-0.15, -0.1) is 0 Å². The maximum absolute atomic E-state index is 13.0. The molecular weight excluding hydrogens is 205 g/mol. The highest BCUT2D eigenvalue weighted by atomic mass is 19.1. The highest BCUT2D eigenvalue weighted by Gasteiger charge is 2.03. The van der Waals surface area contributed by atoms with Gasteiger partial charge >= 0.3 is 0 Å². The van der Waals surface area contributed by atoms with E-state index in [4.69, 9.17) is 0 Å². The maximum atomic E-state index is 13.0. The summed E-state index contributed by atoms with van der Waals surface area (Å²) in [6.07, 6.45) is 1.04. The van der Waals surface area contributed by atoms with Crippen molar-refractivity contribution < 1.29 is 4.39 Å². The topological polar surface area (TPSA) is 40.7 Å². The van der Waals surface area contributed by atoms with Gasteiger partial charge in [-0.25, -0.2) is 4.39 Å². The lowest BCUT2D eigenvalue weighted by Crippen LogP contribution is -1.99. The first kappa shape index (κ1) is 10.7. The van der Waals surface area contributed by atoms with E-state index in [2.05, 4.69) is 22.4 Å². The largest absolute Gasteiger partial charge is 0.369 e. The smallest absolute Gasteiger partial charge is 0.148 e. The Morgan fingerprint density at radius 2 is 2.25 bits per heavy atom. The molecule has 0 aliphatic rings. The average Bonchev–Trinajstić information content (AvgIpc) is 2.75. The van der Waals surface area contributed by atoms with Gasteiger partial charge in [-0.2, -0.15) is 5.10 Å². The molecule has 1 aromatic carbocycles. The zero-order valence-corrected chi connectivity index (χ0v) is 9.13. The molecule has 0 aliphatic carbocycles. The number of nitrogens with zero attached hydrogens (tertiary/aromatic N) is 1. The van der Waals surface area contributed by atoms with Crippen molar-refractivity contribution in [2.45, 2.75) is 13.3 Å². The molecule has 0 bridgehead atoms. The molecule has 0 aliphatic heterocycles. The molecule has 2 aromatic rings. The normalized spacial score (nSPS) is 10.4. The van der Waals surface area contributed by atoms with Crippen molar-refractivity contribution in [3.63, 3.8) is 0 Å². The van der Waals surface area contributed by atoms with Crippen molar-refractivity contribution in [1.82, 2.24) is 10.2 Å². The number of rotatable bonds is 4. The summed E-state index contributed by atoms with van der Waals surface area (Å²) in [6, 6.07) is 8.32. The molecule has 84 valence electrons. The van der Waals surface area contributed by atoms with Crippen LogP contribution in [0.5, 0.6) is 0 Å². The number of hydrogen-bond donors (Lipinski definition) is 2. The van der Waals surface area contributed by atoms with Crippen LogP contribution >= 0.6 is 0 Å². The monoisotopic (exact) mass is 219 g/mol. The second-order valence-corrected chi connectivity index (χ2v) is 3.60. The molecule has 0 radical (unpaired) electrons. The Hall–Kier alpha value is -1.84. The summed E-state index contributed by atoms with van der Waals surface area (Å²) in [6.45, 7) is 2.97. The molecule has 1 aromatic heterocycles. The van der Waals surface area contributed by atoms with E-state index in [1.54, 1.807) is 6.07 Å². The summed E-state index contributed by atoms with van der Waals surface area (Å²) in [7, 11) is 0. The van der Waals surface area contributed by atoms with E-state index in [1.807, 2.05) is 12.1 Å². The Morgan fingerprint density at radius 3 is 3.00 bits per heavy atom. The lowest BCUT2D eigenvalue weighted by molar-refractivity contribution is 0.628. The van der Waals surface area contributed by atoms with Gasteiger partial charge in [-0.1, -0.05) is 19.1 Å². The van der Waals surface area contributed by atoms with Crippen molar-refractivity contribution in [1.29, 1.82) is 0 Å². The molecule has 0 spiro atoms. The van der Waals surface area contributed by atoms with Crippen LogP contribution in [0.25, 0.3) is 11.3 Å². The average molecular weight is 219 g/mol. The fourth-order valence-corrected chi connectivity index (χ4v) is 1.47. The van der Waals surface area contributed by atoms with E-state index in [-0.39, 0.29) is 5.82 Å². The summed E-state index contributed by atoms with van der Waals surface area (Å²) in [4.78, 5) is 0. The minimum atomic E-state index is -0.241. The summed E-state index contributed by atoms with van der Waals surface area (Å²) in [5, 5.41) is 10.1. The van der Waals surface area contributed by atoms with Crippen LogP contribution in [-0.2, 0) is 0 Å². The summed E-state index contributed by atoms with van der Waals surface area (Å²) in [5.74, 6) is 0.552. The second-order valence-electron chi connectivity index (χ2n) is 3.60. The van der Waals surface area contributed by atoms with Crippen LogP contribution in [0, 0.1) is 5.82 Å². The number of aromatic nitrogens is 2. The molecule has 0 saturated heterocycles. The third-order valence-corrected chi connectivity index (χ3v) is 2.27. The molecule has 0 unspecified atom stereocenters. The zero-order valence-electron chi connectivity index (χ0n) is 9.13. The number of nitrogens with one attached hydrogen (secondary N) is 2. The molecule has 0 amide bonds. The molecular formula is C12H14FN3. The van der Waals surface area contributed by atoms with E-state index < -0.39 is 0 Å². The van der Waals surface area contributed by atoms with Crippen molar-refractivity contribution in [2.24, 2.45) is 0 Å². The third kappa shape index (κ3) is 2.39. The first-order chi connectivity index (χ1) is 7.79. The van der Waals surface area contributed by atoms with Gasteiger partial charge in [0.1, 0.15) is 11.6 Å². The van der Waals surface area contributed by atoms with Crippen molar-refractivity contribution >= 4 is 5.82 Å². The van der Waals surface area contributed by atoms with Gasteiger partial charge in [-0.05, 0) is 18.6 Å². The summed E-state index contributed by atoms with van der Waals surface area (Å²) < 4.78 is 13.0. The Morgan fingerprint density at radius 1 is 1.38 bits per heavy atom. The number of H-pyrrole nitrogens is 1. The van der Waals surface area contributed by atoms with Gasteiger partial charge in [0.2, 0.25) is 0 Å². The Kier molecular flexibility index (Phi) is 3.19. The molecule has 2 rings (SSSR count). The minimum Gasteiger partial charge on any atom is -0.369 e.